The molecule has 5 heteroatoms. The SMILES string of the molecule is Clc1csc(Oc2cccc3c2NCCC3)n1. The van der Waals surface area contributed by atoms with Crippen LogP contribution in [-0.2, 0) is 6.42 Å². The van der Waals surface area contributed by atoms with Crippen molar-refractivity contribution < 1.29 is 4.74 Å². The Kier molecular flexibility index (Phi) is 2.91. The molecule has 1 aliphatic heterocycles. The number of aromatic nitrogens is 1. The Morgan fingerprint density at radius 1 is 1.41 bits per heavy atom. The van der Waals surface area contributed by atoms with Gasteiger partial charge in [0, 0.05) is 11.9 Å². The number of halogens is 1. The first-order valence-electron chi connectivity index (χ1n) is 5.47. The second kappa shape index (κ2) is 4.55. The standard InChI is InChI=1S/C12H11ClN2OS/c13-10-7-17-12(15-10)16-9-5-1-3-8-4-2-6-14-11(8)9/h1,3,5,7,14H,2,4,6H2. The molecule has 0 saturated heterocycles. The molecule has 1 aromatic heterocycles. The van der Waals surface area contributed by atoms with Crippen molar-refractivity contribution >= 4 is 28.6 Å². The number of rotatable bonds is 2. The molecule has 0 amide bonds. The highest BCUT2D eigenvalue weighted by molar-refractivity contribution is 7.11. The van der Waals surface area contributed by atoms with Crippen molar-refractivity contribution in [1.82, 2.24) is 4.98 Å². The minimum absolute atomic E-state index is 0.475. The summed E-state index contributed by atoms with van der Waals surface area (Å²) in [5.74, 6) is 0.827. The minimum Gasteiger partial charge on any atom is -0.429 e. The van der Waals surface area contributed by atoms with Crippen LogP contribution in [-0.4, -0.2) is 11.5 Å². The lowest BCUT2D eigenvalue weighted by molar-refractivity contribution is 0.479. The Hall–Kier alpha value is -1.26. The van der Waals surface area contributed by atoms with Gasteiger partial charge in [0.15, 0.2) is 5.75 Å². The zero-order chi connectivity index (χ0) is 11.7. The third-order valence-corrected chi connectivity index (χ3v) is 3.73. The molecule has 0 radical (unpaired) electrons. The van der Waals surface area contributed by atoms with Gasteiger partial charge in [-0.2, -0.15) is 4.98 Å². The highest BCUT2D eigenvalue weighted by Gasteiger charge is 2.14. The van der Waals surface area contributed by atoms with Crippen molar-refractivity contribution in [3.05, 3.63) is 34.3 Å². The van der Waals surface area contributed by atoms with Gasteiger partial charge in [-0.25, -0.2) is 0 Å². The molecule has 0 saturated carbocycles. The van der Waals surface area contributed by atoms with E-state index < -0.39 is 0 Å². The molecule has 1 N–H and O–H groups in total. The quantitative estimate of drug-likeness (QED) is 0.894. The van der Waals surface area contributed by atoms with Crippen molar-refractivity contribution in [3.8, 4) is 10.9 Å². The van der Waals surface area contributed by atoms with Crippen LogP contribution in [0.4, 0.5) is 5.69 Å². The molecule has 3 rings (SSSR count). The average molecular weight is 267 g/mol. The van der Waals surface area contributed by atoms with Crippen LogP contribution in [0.1, 0.15) is 12.0 Å². The fourth-order valence-electron chi connectivity index (χ4n) is 1.94. The van der Waals surface area contributed by atoms with Crippen molar-refractivity contribution in [2.24, 2.45) is 0 Å². The van der Waals surface area contributed by atoms with Crippen LogP contribution < -0.4 is 10.1 Å². The molecule has 1 aromatic carbocycles. The van der Waals surface area contributed by atoms with Crippen LogP contribution in [0.15, 0.2) is 23.6 Å². The Bertz CT molecular complexity index is 541. The molecule has 3 nitrogen and oxygen atoms in total. The Morgan fingerprint density at radius 3 is 3.18 bits per heavy atom. The van der Waals surface area contributed by atoms with E-state index >= 15 is 0 Å². The first kappa shape index (κ1) is 10.9. The summed E-state index contributed by atoms with van der Waals surface area (Å²) in [6.07, 6.45) is 2.26. The monoisotopic (exact) mass is 266 g/mol. The van der Waals surface area contributed by atoms with E-state index in [1.54, 1.807) is 5.38 Å². The number of ether oxygens (including phenoxy) is 1. The van der Waals surface area contributed by atoms with Crippen molar-refractivity contribution in [2.45, 2.75) is 12.8 Å². The van der Waals surface area contributed by atoms with E-state index in [2.05, 4.69) is 16.4 Å². The number of hydrogen-bond acceptors (Lipinski definition) is 4. The number of hydrogen-bond donors (Lipinski definition) is 1. The number of anilines is 1. The third-order valence-electron chi connectivity index (χ3n) is 2.69. The molecule has 0 atom stereocenters. The Labute approximate surface area is 108 Å². The third kappa shape index (κ3) is 2.23. The van der Waals surface area contributed by atoms with Crippen molar-refractivity contribution in [2.75, 3.05) is 11.9 Å². The zero-order valence-electron chi connectivity index (χ0n) is 9.07. The average Bonchev–Trinajstić information content (AvgIpc) is 2.75. The first-order chi connectivity index (χ1) is 8.33. The number of para-hydroxylation sites is 1. The summed E-state index contributed by atoms with van der Waals surface area (Å²) in [6, 6.07) is 6.09. The minimum atomic E-state index is 0.475. The highest BCUT2D eigenvalue weighted by Crippen LogP contribution is 2.36. The summed E-state index contributed by atoms with van der Waals surface area (Å²) in [5.41, 5.74) is 2.39. The van der Waals surface area contributed by atoms with Gasteiger partial charge in [-0.3, -0.25) is 0 Å². The predicted molar refractivity (Wildman–Crippen MR) is 70.5 cm³/mol. The van der Waals surface area contributed by atoms with E-state index in [1.807, 2.05) is 12.1 Å². The molecule has 0 aliphatic carbocycles. The van der Waals surface area contributed by atoms with Gasteiger partial charge in [0.25, 0.3) is 5.19 Å². The summed E-state index contributed by atoms with van der Waals surface area (Å²) >= 11 is 7.18. The fourth-order valence-corrected chi connectivity index (χ4v) is 2.74. The van der Waals surface area contributed by atoms with Crippen LogP contribution in [0.5, 0.6) is 10.9 Å². The van der Waals surface area contributed by atoms with Gasteiger partial charge in [-0.1, -0.05) is 35.1 Å². The molecule has 17 heavy (non-hydrogen) atoms. The van der Waals surface area contributed by atoms with E-state index in [0.29, 0.717) is 10.3 Å². The summed E-state index contributed by atoms with van der Waals surface area (Å²) in [5, 5.41) is 6.19. The Morgan fingerprint density at radius 2 is 2.35 bits per heavy atom. The lowest BCUT2D eigenvalue weighted by Crippen LogP contribution is -2.12. The van der Waals surface area contributed by atoms with Gasteiger partial charge in [-0.15, -0.1) is 0 Å². The summed E-state index contributed by atoms with van der Waals surface area (Å²) < 4.78 is 5.76. The molecule has 2 heterocycles. The molecule has 88 valence electrons. The van der Waals surface area contributed by atoms with Crippen LogP contribution in [0.3, 0.4) is 0 Å². The second-order valence-electron chi connectivity index (χ2n) is 3.86. The highest BCUT2D eigenvalue weighted by atomic mass is 35.5. The molecular formula is C12H11ClN2OS. The van der Waals surface area contributed by atoms with Crippen LogP contribution in [0.25, 0.3) is 0 Å². The molecule has 0 bridgehead atoms. The summed E-state index contributed by atoms with van der Waals surface area (Å²) in [4.78, 5) is 4.09. The second-order valence-corrected chi connectivity index (χ2v) is 5.07. The molecule has 0 unspecified atom stereocenters. The molecular weight excluding hydrogens is 256 g/mol. The maximum atomic E-state index is 5.77. The van der Waals surface area contributed by atoms with Crippen LogP contribution in [0, 0.1) is 0 Å². The largest absolute Gasteiger partial charge is 0.429 e. The molecule has 0 spiro atoms. The molecule has 2 aromatic rings. The fraction of sp³-hybridized carbons (Fsp3) is 0.250. The van der Waals surface area contributed by atoms with E-state index in [-0.39, 0.29) is 0 Å². The maximum absolute atomic E-state index is 5.77. The topological polar surface area (TPSA) is 34.1 Å². The van der Waals surface area contributed by atoms with Gasteiger partial charge in [0.2, 0.25) is 0 Å². The van der Waals surface area contributed by atoms with Crippen LogP contribution >= 0.6 is 22.9 Å². The number of aryl methyl sites for hydroxylation is 1. The smallest absolute Gasteiger partial charge is 0.280 e. The number of fused-ring (bicyclic) bond motifs is 1. The molecule has 1 aliphatic rings. The lowest BCUT2D eigenvalue weighted by Gasteiger charge is -2.20. The van der Waals surface area contributed by atoms with Crippen molar-refractivity contribution in [3.63, 3.8) is 0 Å². The van der Waals surface area contributed by atoms with E-state index in [9.17, 15) is 0 Å². The Balaban J connectivity index is 1.92. The summed E-state index contributed by atoms with van der Waals surface area (Å²) in [6.45, 7) is 0.992. The molecule has 0 fully saturated rings. The van der Waals surface area contributed by atoms with Gasteiger partial charge >= 0.3 is 0 Å². The predicted octanol–water partition coefficient (Wildman–Crippen LogP) is 3.95. The summed E-state index contributed by atoms with van der Waals surface area (Å²) in [7, 11) is 0. The maximum Gasteiger partial charge on any atom is 0.280 e. The normalized spacial score (nSPS) is 13.9. The van der Waals surface area contributed by atoms with Gasteiger partial charge in [0.05, 0.1) is 5.69 Å². The first-order valence-corrected chi connectivity index (χ1v) is 6.73. The van der Waals surface area contributed by atoms with E-state index in [1.165, 1.54) is 23.3 Å². The van der Waals surface area contributed by atoms with Gasteiger partial charge in [-0.05, 0) is 24.5 Å². The zero-order valence-corrected chi connectivity index (χ0v) is 10.6. The van der Waals surface area contributed by atoms with Gasteiger partial charge < -0.3 is 10.1 Å². The number of nitrogens with one attached hydrogen (secondary N) is 1. The van der Waals surface area contributed by atoms with E-state index in [4.69, 9.17) is 16.3 Å². The van der Waals surface area contributed by atoms with Gasteiger partial charge in [0.1, 0.15) is 5.15 Å². The van der Waals surface area contributed by atoms with E-state index in [0.717, 1.165) is 24.4 Å². The van der Waals surface area contributed by atoms with Crippen LogP contribution in [0.2, 0.25) is 5.15 Å². The van der Waals surface area contributed by atoms with Crippen molar-refractivity contribution in [1.29, 1.82) is 0 Å². The number of benzene rings is 1. The lowest BCUT2D eigenvalue weighted by atomic mass is 10.0. The number of thiazole rings is 1. The number of nitrogens with zero attached hydrogens (tertiary/aromatic N) is 1.